The third-order valence-corrected chi connectivity index (χ3v) is 2.98. The van der Waals surface area contributed by atoms with Crippen LogP contribution in [0.5, 0.6) is 0 Å². The fraction of sp³-hybridized carbons (Fsp3) is 0.667. The van der Waals surface area contributed by atoms with Gasteiger partial charge in [0.2, 0.25) is 0 Å². The molecule has 0 radical (unpaired) electrons. The Balaban J connectivity index is 2.48. The second kappa shape index (κ2) is 3.93. The zero-order valence-electron chi connectivity index (χ0n) is 6.03. The minimum atomic E-state index is 1.16. The van der Waals surface area contributed by atoms with Crippen LogP contribution >= 0.6 is 31.9 Å². The predicted molar refractivity (Wildman–Crippen MR) is 54.2 cm³/mol. The number of halogens is 2. The minimum Gasteiger partial charge on any atom is -0.348 e. The highest BCUT2D eigenvalue weighted by Crippen LogP contribution is 2.26. The molecule has 10 heavy (non-hydrogen) atoms. The summed E-state index contributed by atoms with van der Waals surface area (Å²) in [5, 5.41) is 0. The zero-order chi connectivity index (χ0) is 7.56. The van der Waals surface area contributed by atoms with Crippen molar-refractivity contribution in [3.8, 4) is 0 Å². The lowest BCUT2D eigenvalue weighted by molar-refractivity contribution is 0.419. The summed E-state index contributed by atoms with van der Waals surface area (Å²) in [4.78, 5) is 2.35. The van der Waals surface area contributed by atoms with E-state index >= 15 is 0 Å². The summed E-state index contributed by atoms with van der Waals surface area (Å²) in [5.74, 6) is 0. The molecule has 0 spiro atoms. The van der Waals surface area contributed by atoms with Gasteiger partial charge in [-0.05, 0) is 63.4 Å². The first-order valence-electron chi connectivity index (χ1n) is 3.41. The first kappa shape index (κ1) is 8.82. The molecule has 0 aromatic carbocycles. The molecule has 1 nitrogen and oxygen atoms in total. The Morgan fingerprint density at radius 3 is 2.20 bits per heavy atom. The molecule has 1 aliphatic heterocycles. The SMILES string of the molecule is BN1CCC(=C(Br)Br)CC1. The molecule has 0 aliphatic carbocycles. The van der Waals surface area contributed by atoms with E-state index < -0.39 is 0 Å². The normalized spacial score (nSPS) is 21.2. The Kier molecular flexibility index (Phi) is 3.47. The molecule has 0 bridgehead atoms. The maximum absolute atomic E-state index is 3.43. The van der Waals surface area contributed by atoms with Crippen LogP contribution in [-0.4, -0.2) is 25.9 Å². The van der Waals surface area contributed by atoms with Gasteiger partial charge in [-0.15, -0.1) is 0 Å². The molecule has 1 fully saturated rings. The summed E-state index contributed by atoms with van der Waals surface area (Å²) in [6.45, 7) is 2.38. The van der Waals surface area contributed by atoms with Gasteiger partial charge in [-0.2, -0.15) is 0 Å². The Labute approximate surface area is 79.5 Å². The van der Waals surface area contributed by atoms with Gasteiger partial charge in [0.1, 0.15) is 0 Å². The summed E-state index contributed by atoms with van der Waals surface area (Å²) < 4.78 is 1.16. The summed E-state index contributed by atoms with van der Waals surface area (Å²) in [5.41, 5.74) is 1.51. The van der Waals surface area contributed by atoms with Gasteiger partial charge >= 0.3 is 0 Å². The lowest BCUT2D eigenvalue weighted by Crippen LogP contribution is -2.27. The molecule has 0 N–H and O–H groups in total. The quantitative estimate of drug-likeness (QED) is 0.603. The van der Waals surface area contributed by atoms with Crippen molar-refractivity contribution in [2.75, 3.05) is 13.1 Å². The maximum atomic E-state index is 3.43. The molecule has 0 amide bonds. The summed E-state index contributed by atoms with van der Waals surface area (Å²) in [6, 6.07) is 0. The van der Waals surface area contributed by atoms with E-state index in [1.54, 1.807) is 0 Å². The maximum Gasteiger partial charge on any atom is 0.185 e. The van der Waals surface area contributed by atoms with E-state index in [0.29, 0.717) is 0 Å². The van der Waals surface area contributed by atoms with E-state index in [1.807, 2.05) is 0 Å². The highest BCUT2D eigenvalue weighted by molar-refractivity contribution is 9.28. The van der Waals surface area contributed by atoms with Crippen LogP contribution in [0.1, 0.15) is 12.8 Å². The monoisotopic (exact) mass is 265 g/mol. The molecular weight excluding hydrogens is 257 g/mol. The van der Waals surface area contributed by atoms with Gasteiger partial charge in [-0.3, -0.25) is 0 Å². The van der Waals surface area contributed by atoms with Gasteiger partial charge in [-0.1, -0.05) is 0 Å². The van der Waals surface area contributed by atoms with Crippen LogP contribution in [0.15, 0.2) is 8.96 Å². The number of rotatable bonds is 0. The summed E-state index contributed by atoms with van der Waals surface area (Å²) in [6.07, 6.45) is 2.39. The minimum absolute atomic E-state index is 1.16. The van der Waals surface area contributed by atoms with Gasteiger partial charge < -0.3 is 4.81 Å². The molecule has 0 aromatic rings. The topological polar surface area (TPSA) is 3.24 Å². The lowest BCUT2D eigenvalue weighted by atomic mass is 10.0. The Bertz CT molecular complexity index is 144. The van der Waals surface area contributed by atoms with Crippen molar-refractivity contribution in [2.24, 2.45) is 0 Å². The fourth-order valence-corrected chi connectivity index (χ4v) is 1.87. The van der Waals surface area contributed by atoms with Gasteiger partial charge in [0.25, 0.3) is 0 Å². The molecule has 1 aliphatic rings. The van der Waals surface area contributed by atoms with E-state index in [4.69, 9.17) is 0 Å². The van der Waals surface area contributed by atoms with Gasteiger partial charge in [0, 0.05) is 0 Å². The van der Waals surface area contributed by atoms with Crippen molar-refractivity contribution in [1.82, 2.24) is 4.81 Å². The van der Waals surface area contributed by atoms with Crippen LogP contribution in [0.3, 0.4) is 0 Å². The standard InChI is InChI=1S/C6H10BBr2N/c7-10-3-1-5(2-4-10)6(8)9/h1-4,7H2. The van der Waals surface area contributed by atoms with Crippen molar-refractivity contribution >= 4 is 39.8 Å². The van der Waals surface area contributed by atoms with Crippen molar-refractivity contribution in [3.63, 3.8) is 0 Å². The van der Waals surface area contributed by atoms with E-state index in [2.05, 4.69) is 44.7 Å². The van der Waals surface area contributed by atoms with Crippen LogP contribution in [0.2, 0.25) is 0 Å². The highest BCUT2D eigenvalue weighted by atomic mass is 79.9. The average Bonchev–Trinajstić information content (AvgIpc) is 1.88. The second-order valence-electron chi connectivity index (χ2n) is 2.67. The van der Waals surface area contributed by atoms with Gasteiger partial charge in [0.15, 0.2) is 7.98 Å². The third-order valence-electron chi connectivity index (χ3n) is 1.86. The Hall–Kier alpha value is 0.725. The Morgan fingerprint density at radius 2 is 1.80 bits per heavy atom. The first-order chi connectivity index (χ1) is 4.70. The molecule has 1 saturated heterocycles. The smallest absolute Gasteiger partial charge is 0.185 e. The molecule has 1 rings (SSSR count). The number of hydrogen-bond donors (Lipinski definition) is 0. The van der Waals surface area contributed by atoms with Crippen LogP contribution in [0.4, 0.5) is 0 Å². The molecule has 0 saturated carbocycles. The van der Waals surface area contributed by atoms with Crippen LogP contribution < -0.4 is 0 Å². The van der Waals surface area contributed by atoms with Crippen LogP contribution in [0.25, 0.3) is 0 Å². The van der Waals surface area contributed by atoms with E-state index in [0.717, 1.165) is 3.39 Å². The number of piperidine rings is 1. The summed E-state index contributed by atoms with van der Waals surface area (Å²) >= 11 is 6.87. The second-order valence-corrected chi connectivity index (χ2v) is 5.32. The molecule has 1 heterocycles. The third kappa shape index (κ3) is 2.40. The molecular formula is C6H10BBr2N. The first-order valence-corrected chi connectivity index (χ1v) is 5.00. The number of nitrogens with zero attached hydrogens (tertiary/aromatic N) is 1. The lowest BCUT2D eigenvalue weighted by Gasteiger charge is -2.24. The van der Waals surface area contributed by atoms with Crippen molar-refractivity contribution in [2.45, 2.75) is 12.8 Å². The van der Waals surface area contributed by atoms with E-state index in [1.165, 1.54) is 31.5 Å². The number of hydrogen-bond acceptors (Lipinski definition) is 1. The van der Waals surface area contributed by atoms with Gasteiger partial charge in [0.05, 0.1) is 3.39 Å². The molecule has 56 valence electrons. The Morgan fingerprint density at radius 1 is 1.30 bits per heavy atom. The highest BCUT2D eigenvalue weighted by Gasteiger charge is 2.10. The van der Waals surface area contributed by atoms with Crippen LogP contribution in [-0.2, 0) is 0 Å². The van der Waals surface area contributed by atoms with E-state index in [9.17, 15) is 0 Å². The van der Waals surface area contributed by atoms with Crippen molar-refractivity contribution in [3.05, 3.63) is 8.96 Å². The largest absolute Gasteiger partial charge is 0.348 e. The van der Waals surface area contributed by atoms with Crippen molar-refractivity contribution < 1.29 is 0 Å². The van der Waals surface area contributed by atoms with Gasteiger partial charge in [-0.25, -0.2) is 0 Å². The van der Waals surface area contributed by atoms with E-state index in [-0.39, 0.29) is 0 Å². The fourth-order valence-electron chi connectivity index (χ4n) is 1.08. The summed E-state index contributed by atoms with van der Waals surface area (Å²) in [7, 11) is 2.17. The van der Waals surface area contributed by atoms with Crippen molar-refractivity contribution in [1.29, 1.82) is 0 Å². The molecule has 0 atom stereocenters. The molecule has 0 aromatic heterocycles. The molecule has 4 heteroatoms. The molecule has 0 unspecified atom stereocenters. The zero-order valence-corrected chi connectivity index (χ0v) is 9.20. The average molecular weight is 267 g/mol. The van der Waals surface area contributed by atoms with Crippen LogP contribution in [0, 0.1) is 0 Å². The predicted octanol–water partition coefficient (Wildman–Crippen LogP) is 1.63.